The average Bonchev–Trinajstić information content (AvgIpc) is 2.79. The highest BCUT2D eigenvalue weighted by Gasteiger charge is 2.05. The summed E-state index contributed by atoms with van der Waals surface area (Å²) >= 11 is 0. The lowest BCUT2D eigenvalue weighted by Crippen LogP contribution is -1.91. The minimum Gasteiger partial charge on any atom is -0.399 e. The van der Waals surface area contributed by atoms with Crippen molar-refractivity contribution >= 4 is 16.6 Å². The number of aryl methyl sites for hydroxylation is 3. The van der Waals surface area contributed by atoms with Crippen molar-refractivity contribution in [3.63, 3.8) is 0 Å². The lowest BCUT2D eigenvalue weighted by molar-refractivity contribution is 0.819. The number of para-hydroxylation sites is 1. The molecule has 0 radical (unpaired) electrons. The van der Waals surface area contributed by atoms with Gasteiger partial charge in [-0.15, -0.1) is 0 Å². The third-order valence-electron chi connectivity index (χ3n) is 3.87. The van der Waals surface area contributed by atoms with Crippen molar-refractivity contribution in [2.75, 3.05) is 5.73 Å². The van der Waals surface area contributed by atoms with Crippen molar-refractivity contribution in [3.8, 4) is 0 Å². The van der Waals surface area contributed by atoms with Gasteiger partial charge in [0.05, 0.1) is 0 Å². The maximum Gasteiger partial charge on any atom is 0.0480 e. The summed E-state index contributed by atoms with van der Waals surface area (Å²) in [5.41, 5.74) is 10.7. The zero-order valence-corrected chi connectivity index (χ0v) is 11.8. The summed E-state index contributed by atoms with van der Waals surface area (Å²) < 4.78 is 2.22. The number of hydrogen-bond acceptors (Lipinski definition) is 1. The van der Waals surface area contributed by atoms with E-state index in [1.165, 1.54) is 22.0 Å². The van der Waals surface area contributed by atoms with E-state index in [4.69, 9.17) is 5.73 Å². The predicted molar refractivity (Wildman–Crippen MR) is 85.8 cm³/mol. The van der Waals surface area contributed by atoms with E-state index in [-0.39, 0.29) is 0 Å². The van der Waals surface area contributed by atoms with Crippen LogP contribution < -0.4 is 5.73 Å². The first kappa shape index (κ1) is 12.8. The standard InChI is InChI=1S/C18H20N2/c1-20-13-15(17-7-2-3-8-18(17)20)6-4-5-14-9-11-16(19)12-10-14/h2-3,7-13H,4-6,19H2,1H3. The van der Waals surface area contributed by atoms with Crippen molar-refractivity contribution < 1.29 is 0 Å². The van der Waals surface area contributed by atoms with E-state index >= 15 is 0 Å². The number of aromatic nitrogens is 1. The van der Waals surface area contributed by atoms with Gasteiger partial charge in [-0.2, -0.15) is 0 Å². The van der Waals surface area contributed by atoms with E-state index in [9.17, 15) is 0 Å². The van der Waals surface area contributed by atoms with E-state index in [0.717, 1.165) is 24.9 Å². The molecule has 0 fully saturated rings. The Morgan fingerprint density at radius 2 is 1.70 bits per heavy atom. The Kier molecular flexibility index (Phi) is 3.46. The van der Waals surface area contributed by atoms with Gasteiger partial charge < -0.3 is 10.3 Å². The van der Waals surface area contributed by atoms with Crippen molar-refractivity contribution in [2.24, 2.45) is 7.05 Å². The summed E-state index contributed by atoms with van der Waals surface area (Å²) in [5, 5.41) is 1.38. The van der Waals surface area contributed by atoms with Gasteiger partial charge in [-0.3, -0.25) is 0 Å². The molecular formula is C18H20N2. The van der Waals surface area contributed by atoms with Gasteiger partial charge in [0.2, 0.25) is 0 Å². The van der Waals surface area contributed by atoms with Crippen LogP contribution in [0.2, 0.25) is 0 Å². The van der Waals surface area contributed by atoms with Crippen LogP contribution in [0.15, 0.2) is 54.7 Å². The SMILES string of the molecule is Cn1cc(CCCc2ccc(N)cc2)c2ccccc21. The summed E-state index contributed by atoms with van der Waals surface area (Å²) in [6.07, 6.45) is 5.64. The van der Waals surface area contributed by atoms with Crippen LogP contribution in [0, 0.1) is 0 Å². The molecule has 0 amide bonds. The minimum atomic E-state index is 0.836. The van der Waals surface area contributed by atoms with Crippen LogP contribution in [-0.2, 0) is 19.9 Å². The van der Waals surface area contributed by atoms with Crippen LogP contribution in [0.5, 0.6) is 0 Å². The molecule has 2 N–H and O–H groups in total. The molecule has 0 atom stereocenters. The van der Waals surface area contributed by atoms with Crippen LogP contribution in [-0.4, -0.2) is 4.57 Å². The van der Waals surface area contributed by atoms with Crippen LogP contribution >= 0.6 is 0 Å². The zero-order valence-electron chi connectivity index (χ0n) is 11.8. The fourth-order valence-corrected chi connectivity index (χ4v) is 2.79. The highest BCUT2D eigenvalue weighted by molar-refractivity contribution is 5.83. The molecule has 0 bridgehead atoms. The smallest absolute Gasteiger partial charge is 0.0480 e. The first-order chi connectivity index (χ1) is 9.74. The molecule has 0 unspecified atom stereocenters. The van der Waals surface area contributed by atoms with Crippen molar-refractivity contribution in [1.82, 2.24) is 4.57 Å². The molecule has 102 valence electrons. The lowest BCUT2D eigenvalue weighted by Gasteiger charge is -2.02. The third kappa shape index (κ3) is 2.55. The molecule has 0 spiro atoms. The largest absolute Gasteiger partial charge is 0.399 e. The second-order valence-electron chi connectivity index (χ2n) is 5.38. The molecular weight excluding hydrogens is 244 g/mol. The van der Waals surface area contributed by atoms with Gasteiger partial charge in [0.15, 0.2) is 0 Å². The van der Waals surface area contributed by atoms with Gasteiger partial charge >= 0.3 is 0 Å². The average molecular weight is 264 g/mol. The quantitative estimate of drug-likeness (QED) is 0.711. The van der Waals surface area contributed by atoms with E-state index in [1.54, 1.807) is 0 Å². The molecule has 0 saturated heterocycles. The molecule has 1 aromatic heterocycles. The molecule has 20 heavy (non-hydrogen) atoms. The van der Waals surface area contributed by atoms with Gasteiger partial charge in [0.25, 0.3) is 0 Å². The fraction of sp³-hybridized carbons (Fsp3) is 0.222. The summed E-state index contributed by atoms with van der Waals surface area (Å²) in [6.45, 7) is 0. The summed E-state index contributed by atoms with van der Waals surface area (Å²) in [6, 6.07) is 16.8. The normalized spacial score (nSPS) is 11.1. The second kappa shape index (κ2) is 5.41. The Morgan fingerprint density at radius 1 is 0.950 bits per heavy atom. The van der Waals surface area contributed by atoms with Crippen LogP contribution in [0.25, 0.3) is 10.9 Å². The first-order valence-electron chi connectivity index (χ1n) is 7.11. The number of rotatable bonds is 4. The van der Waals surface area contributed by atoms with Gasteiger partial charge in [-0.25, -0.2) is 0 Å². The van der Waals surface area contributed by atoms with Crippen LogP contribution in [0.1, 0.15) is 17.5 Å². The summed E-state index contributed by atoms with van der Waals surface area (Å²) in [7, 11) is 2.12. The van der Waals surface area contributed by atoms with Gasteiger partial charge in [0.1, 0.15) is 0 Å². The lowest BCUT2D eigenvalue weighted by atomic mass is 10.0. The van der Waals surface area contributed by atoms with Crippen molar-refractivity contribution in [2.45, 2.75) is 19.3 Å². The van der Waals surface area contributed by atoms with E-state index < -0.39 is 0 Å². The molecule has 0 aliphatic carbocycles. The number of nitrogens with zero attached hydrogens (tertiary/aromatic N) is 1. The number of nitrogens with two attached hydrogens (primary N) is 1. The van der Waals surface area contributed by atoms with Gasteiger partial charge in [0, 0.05) is 29.8 Å². The third-order valence-corrected chi connectivity index (χ3v) is 3.87. The summed E-state index contributed by atoms with van der Waals surface area (Å²) in [4.78, 5) is 0. The number of hydrogen-bond donors (Lipinski definition) is 1. The van der Waals surface area contributed by atoms with Crippen LogP contribution in [0.3, 0.4) is 0 Å². The Labute approximate surface area is 119 Å². The molecule has 2 aromatic carbocycles. The maximum absolute atomic E-state index is 5.71. The monoisotopic (exact) mass is 264 g/mol. The van der Waals surface area contributed by atoms with Crippen LogP contribution in [0.4, 0.5) is 5.69 Å². The Bertz CT molecular complexity index is 708. The van der Waals surface area contributed by atoms with E-state index in [1.807, 2.05) is 12.1 Å². The highest BCUT2D eigenvalue weighted by atomic mass is 14.9. The predicted octanol–water partition coefficient (Wildman–Crippen LogP) is 3.94. The fourth-order valence-electron chi connectivity index (χ4n) is 2.79. The first-order valence-corrected chi connectivity index (χ1v) is 7.11. The molecule has 0 aliphatic rings. The Hall–Kier alpha value is -2.22. The van der Waals surface area contributed by atoms with E-state index in [0.29, 0.717) is 0 Å². The van der Waals surface area contributed by atoms with Gasteiger partial charge in [-0.05, 0) is 48.6 Å². The number of anilines is 1. The molecule has 0 saturated carbocycles. The topological polar surface area (TPSA) is 30.9 Å². The minimum absolute atomic E-state index is 0.836. The summed E-state index contributed by atoms with van der Waals surface area (Å²) in [5.74, 6) is 0. The molecule has 1 heterocycles. The van der Waals surface area contributed by atoms with Gasteiger partial charge in [-0.1, -0.05) is 30.3 Å². The molecule has 2 heteroatoms. The molecule has 2 nitrogen and oxygen atoms in total. The highest BCUT2D eigenvalue weighted by Crippen LogP contribution is 2.22. The molecule has 3 aromatic rings. The zero-order chi connectivity index (χ0) is 13.9. The molecule has 0 aliphatic heterocycles. The number of nitrogen functional groups attached to an aromatic ring is 1. The van der Waals surface area contributed by atoms with Crippen molar-refractivity contribution in [1.29, 1.82) is 0 Å². The van der Waals surface area contributed by atoms with Crippen molar-refractivity contribution in [3.05, 3.63) is 65.9 Å². The second-order valence-corrected chi connectivity index (χ2v) is 5.38. The Morgan fingerprint density at radius 3 is 2.50 bits per heavy atom. The number of benzene rings is 2. The maximum atomic E-state index is 5.71. The molecule has 3 rings (SSSR count). The van der Waals surface area contributed by atoms with E-state index in [2.05, 4.69) is 54.2 Å². The Balaban J connectivity index is 1.70. The number of fused-ring (bicyclic) bond motifs is 1.